The summed E-state index contributed by atoms with van der Waals surface area (Å²) in [6.45, 7) is 11.1. The zero-order valence-electron chi connectivity index (χ0n) is 10.2. The Balaban J connectivity index is 3.03. The lowest BCUT2D eigenvalue weighted by molar-refractivity contribution is 0.816. The molecule has 2 N–H and O–H groups in total. The minimum atomic E-state index is 0.0487. The standard InChI is InChI=1S/C14H19BrN2/c1-4-8-17(9-5-2)14-7-6-12(11(3)16)10-13(14)15/h4-7,10-11H,1-2,8-9,16H2,3H3/t11-/m1/s1. The Kier molecular flexibility index (Phi) is 5.45. The Morgan fingerprint density at radius 1 is 1.35 bits per heavy atom. The highest BCUT2D eigenvalue weighted by Gasteiger charge is 2.09. The van der Waals surface area contributed by atoms with E-state index in [1.54, 1.807) is 0 Å². The Morgan fingerprint density at radius 2 is 1.94 bits per heavy atom. The van der Waals surface area contributed by atoms with Gasteiger partial charge in [0.05, 0.1) is 5.69 Å². The highest BCUT2D eigenvalue weighted by molar-refractivity contribution is 9.10. The van der Waals surface area contributed by atoms with Gasteiger partial charge in [0, 0.05) is 23.6 Å². The van der Waals surface area contributed by atoms with E-state index in [9.17, 15) is 0 Å². The molecule has 0 heterocycles. The van der Waals surface area contributed by atoms with E-state index in [2.05, 4.69) is 52.2 Å². The van der Waals surface area contributed by atoms with Crippen LogP contribution in [0.15, 0.2) is 48.0 Å². The molecule has 3 heteroatoms. The zero-order valence-corrected chi connectivity index (χ0v) is 11.8. The van der Waals surface area contributed by atoms with Crippen molar-refractivity contribution in [2.75, 3.05) is 18.0 Å². The summed E-state index contributed by atoms with van der Waals surface area (Å²) in [5.74, 6) is 0. The fourth-order valence-electron chi connectivity index (χ4n) is 1.65. The number of nitrogens with two attached hydrogens (primary N) is 1. The molecule has 1 rings (SSSR count). The predicted molar refractivity (Wildman–Crippen MR) is 79.4 cm³/mol. The van der Waals surface area contributed by atoms with Crippen molar-refractivity contribution in [3.05, 3.63) is 53.5 Å². The summed E-state index contributed by atoms with van der Waals surface area (Å²) in [6.07, 6.45) is 3.77. The van der Waals surface area contributed by atoms with Crippen LogP contribution in [0.25, 0.3) is 0 Å². The van der Waals surface area contributed by atoms with Gasteiger partial charge in [-0.3, -0.25) is 0 Å². The van der Waals surface area contributed by atoms with E-state index in [1.807, 2.05) is 19.1 Å². The molecular weight excluding hydrogens is 276 g/mol. The molecule has 0 fully saturated rings. The molecule has 0 saturated carbocycles. The summed E-state index contributed by atoms with van der Waals surface area (Å²) >= 11 is 3.59. The normalized spacial score (nSPS) is 11.9. The molecular formula is C14H19BrN2. The number of benzene rings is 1. The molecule has 17 heavy (non-hydrogen) atoms. The third kappa shape index (κ3) is 3.72. The van der Waals surface area contributed by atoms with Gasteiger partial charge in [-0.05, 0) is 40.5 Å². The van der Waals surface area contributed by atoms with E-state index < -0.39 is 0 Å². The number of hydrogen-bond acceptors (Lipinski definition) is 2. The minimum absolute atomic E-state index is 0.0487. The molecule has 1 aromatic carbocycles. The summed E-state index contributed by atoms with van der Waals surface area (Å²) < 4.78 is 1.05. The molecule has 0 bridgehead atoms. The summed E-state index contributed by atoms with van der Waals surface area (Å²) in [6, 6.07) is 6.26. The fourth-order valence-corrected chi connectivity index (χ4v) is 2.29. The van der Waals surface area contributed by atoms with Crippen molar-refractivity contribution < 1.29 is 0 Å². The number of hydrogen-bond donors (Lipinski definition) is 1. The molecule has 0 unspecified atom stereocenters. The maximum atomic E-state index is 5.86. The smallest absolute Gasteiger partial charge is 0.0516 e. The first-order valence-corrected chi connectivity index (χ1v) is 6.41. The lowest BCUT2D eigenvalue weighted by atomic mass is 10.1. The molecule has 0 aromatic heterocycles. The van der Waals surface area contributed by atoms with E-state index in [0.29, 0.717) is 0 Å². The zero-order chi connectivity index (χ0) is 12.8. The number of rotatable bonds is 6. The number of anilines is 1. The Morgan fingerprint density at radius 3 is 2.35 bits per heavy atom. The lowest BCUT2D eigenvalue weighted by Gasteiger charge is -2.23. The molecule has 0 aliphatic carbocycles. The Labute approximate surface area is 112 Å². The molecule has 92 valence electrons. The quantitative estimate of drug-likeness (QED) is 0.812. The third-order valence-corrected chi connectivity index (χ3v) is 3.17. The highest BCUT2D eigenvalue weighted by Crippen LogP contribution is 2.29. The molecule has 0 radical (unpaired) electrons. The first kappa shape index (κ1) is 14.0. The van der Waals surface area contributed by atoms with Crippen molar-refractivity contribution in [3.63, 3.8) is 0 Å². The average molecular weight is 295 g/mol. The van der Waals surface area contributed by atoms with Crippen LogP contribution in [-0.2, 0) is 0 Å². The third-order valence-electron chi connectivity index (χ3n) is 2.54. The van der Waals surface area contributed by atoms with Crippen molar-refractivity contribution in [2.24, 2.45) is 5.73 Å². The van der Waals surface area contributed by atoms with Crippen LogP contribution in [0.5, 0.6) is 0 Å². The SMILES string of the molecule is C=CCN(CC=C)c1ccc([C@@H](C)N)cc1Br. The van der Waals surface area contributed by atoms with E-state index in [-0.39, 0.29) is 6.04 Å². The van der Waals surface area contributed by atoms with Gasteiger partial charge >= 0.3 is 0 Å². The van der Waals surface area contributed by atoms with E-state index in [0.717, 1.165) is 28.8 Å². The highest BCUT2D eigenvalue weighted by atomic mass is 79.9. The van der Waals surface area contributed by atoms with Crippen LogP contribution in [0, 0.1) is 0 Å². The van der Waals surface area contributed by atoms with Gasteiger partial charge in [-0.25, -0.2) is 0 Å². The van der Waals surface area contributed by atoms with E-state index in [4.69, 9.17) is 5.73 Å². The van der Waals surface area contributed by atoms with E-state index in [1.165, 1.54) is 0 Å². The second-order valence-corrected chi connectivity index (χ2v) is 4.84. The lowest BCUT2D eigenvalue weighted by Crippen LogP contribution is -2.23. The van der Waals surface area contributed by atoms with Gasteiger partial charge in [0.25, 0.3) is 0 Å². The number of nitrogens with zero attached hydrogens (tertiary/aromatic N) is 1. The summed E-state index contributed by atoms with van der Waals surface area (Å²) in [5.41, 5.74) is 8.12. The van der Waals surface area contributed by atoms with Crippen LogP contribution in [0.4, 0.5) is 5.69 Å². The van der Waals surface area contributed by atoms with Crippen LogP contribution < -0.4 is 10.6 Å². The van der Waals surface area contributed by atoms with Crippen molar-refractivity contribution in [2.45, 2.75) is 13.0 Å². The fraction of sp³-hybridized carbons (Fsp3) is 0.286. The largest absolute Gasteiger partial charge is 0.363 e. The average Bonchev–Trinajstić information content (AvgIpc) is 2.28. The summed E-state index contributed by atoms with van der Waals surface area (Å²) in [4.78, 5) is 2.19. The van der Waals surface area contributed by atoms with Crippen LogP contribution in [0.3, 0.4) is 0 Å². The van der Waals surface area contributed by atoms with Gasteiger partial charge in [0.15, 0.2) is 0 Å². The van der Waals surface area contributed by atoms with Gasteiger partial charge in [-0.15, -0.1) is 13.2 Å². The second-order valence-electron chi connectivity index (χ2n) is 3.98. The monoisotopic (exact) mass is 294 g/mol. The van der Waals surface area contributed by atoms with Crippen LogP contribution in [0.2, 0.25) is 0 Å². The van der Waals surface area contributed by atoms with Gasteiger partial charge in [0.1, 0.15) is 0 Å². The Hall–Kier alpha value is -1.06. The molecule has 1 atom stereocenters. The van der Waals surface area contributed by atoms with Crippen LogP contribution >= 0.6 is 15.9 Å². The Bertz CT molecular complexity index is 389. The molecule has 0 amide bonds. The van der Waals surface area contributed by atoms with Crippen molar-refractivity contribution in [1.82, 2.24) is 0 Å². The topological polar surface area (TPSA) is 29.3 Å². The number of halogens is 1. The molecule has 1 aromatic rings. The maximum Gasteiger partial charge on any atom is 0.0516 e. The van der Waals surface area contributed by atoms with Crippen LogP contribution in [0.1, 0.15) is 18.5 Å². The van der Waals surface area contributed by atoms with Crippen molar-refractivity contribution in [3.8, 4) is 0 Å². The predicted octanol–water partition coefficient (Wildman–Crippen LogP) is 3.65. The molecule has 0 spiro atoms. The first-order chi connectivity index (χ1) is 8.10. The summed E-state index contributed by atoms with van der Waals surface area (Å²) in [5, 5.41) is 0. The van der Waals surface area contributed by atoms with Gasteiger partial charge < -0.3 is 10.6 Å². The maximum absolute atomic E-state index is 5.86. The molecule has 0 aliphatic heterocycles. The van der Waals surface area contributed by atoms with E-state index >= 15 is 0 Å². The molecule has 2 nitrogen and oxygen atoms in total. The molecule has 0 aliphatic rings. The minimum Gasteiger partial charge on any atom is -0.363 e. The molecule has 0 saturated heterocycles. The van der Waals surface area contributed by atoms with Crippen LogP contribution in [-0.4, -0.2) is 13.1 Å². The second kappa shape index (κ2) is 6.62. The van der Waals surface area contributed by atoms with Gasteiger partial charge in [0.2, 0.25) is 0 Å². The summed E-state index contributed by atoms with van der Waals surface area (Å²) in [7, 11) is 0. The van der Waals surface area contributed by atoms with Crippen molar-refractivity contribution in [1.29, 1.82) is 0 Å². The first-order valence-electron chi connectivity index (χ1n) is 5.62. The van der Waals surface area contributed by atoms with Gasteiger partial charge in [-0.1, -0.05) is 18.2 Å². The van der Waals surface area contributed by atoms with Gasteiger partial charge in [-0.2, -0.15) is 0 Å². The van der Waals surface area contributed by atoms with Crippen molar-refractivity contribution >= 4 is 21.6 Å².